The number of fused-ring (bicyclic) bond motifs is 12. The molecule has 3 saturated carbocycles. The molecule has 0 saturated heterocycles. The summed E-state index contributed by atoms with van der Waals surface area (Å²) in [7, 11) is 0. The second kappa shape index (κ2) is 49.1. The molecule has 3 fully saturated rings. The van der Waals surface area contributed by atoms with Crippen molar-refractivity contribution in [3.05, 3.63) is 88.0 Å². The number of benzene rings is 3. The van der Waals surface area contributed by atoms with E-state index in [4.69, 9.17) is 61.5 Å². The number of nitrogens with one attached hydrogen (secondary N) is 6. The summed E-state index contributed by atoms with van der Waals surface area (Å²) in [6.45, 7) is 1.24. The second-order valence-corrected chi connectivity index (χ2v) is 25.5. The van der Waals surface area contributed by atoms with Gasteiger partial charge in [-0.05, 0) is 277 Å². The summed E-state index contributed by atoms with van der Waals surface area (Å²) in [5.74, 6) is 92.1. The van der Waals surface area contributed by atoms with Crippen LogP contribution in [0.2, 0.25) is 0 Å². The average molecular weight is 1580 g/mol. The Morgan fingerprint density at radius 2 is 0.592 bits per heavy atom. The van der Waals surface area contributed by atoms with Crippen molar-refractivity contribution in [3.63, 3.8) is 0 Å². The van der Waals surface area contributed by atoms with E-state index < -0.39 is 151 Å². The molecule has 120 heavy (non-hydrogen) atoms. The lowest BCUT2D eigenvalue weighted by Crippen LogP contribution is -2.58. The number of hydrogen-bond acceptors (Lipinski definition) is 18. The minimum atomic E-state index is -1.07. The number of carbonyl (C=O) groups is 9. The molecular formula is C96H64N12O12. The van der Waals surface area contributed by atoms with Gasteiger partial charge in [0.2, 0.25) is 17.7 Å². The van der Waals surface area contributed by atoms with Gasteiger partial charge < -0.3 is 80.5 Å². The van der Waals surface area contributed by atoms with Crippen molar-refractivity contribution in [3.8, 4) is 274 Å². The maximum Gasteiger partial charge on any atom is 0.324 e. The average Bonchev–Trinajstić information content (AvgIpc) is 0.809. The fourth-order valence-corrected chi connectivity index (χ4v) is 11.8. The summed E-state index contributed by atoms with van der Waals surface area (Å²) in [6, 6.07) is 4.25. The van der Waals surface area contributed by atoms with Gasteiger partial charge in [-0.2, -0.15) is 0 Å². The van der Waals surface area contributed by atoms with E-state index in [0.717, 1.165) is 0 Å². The molecule has 7 rings (SSSR count). The van der Waals surface area contributed by atoms with E-state index in [1.807, 2.05) is 0 Å². The van der Waals surface area contributed by atoms with Crippen molar-refractivity contribution in [1.82, 2.24) is 16.0 Å². The van der Waals surface area contributed by atoms with Gasteiger partial charge in [-0.3, -0.25) is 43.2 Å². The summed E-state index contributed by atoms with van der Waals surface area (Å²) >= 11 is 0. The first kappa shape index (κ1) is 89.7. The van der Waals surface area contributed by atoms with Gasteiger partial charge >= 0.3 is 17.9 Å². The number of esters is 3. The Kier molecular flexibility index (Phi) is 36.7. The maximum atomic E-state index is 14.7. The SMILES string of the molecule is C#CC#CC#CC#CC#CC#CC#CC#COC(=O)Cc1cc2cc(c1)C(=O)NC1CC(C(=O)Nc3cc(CC(=O)OC#CC#CC#CC#CC#CC#CC#CC#C)cc(c3)C(=O)NC3CC(C(=O)Nc4cc(CC(=O)OCC#CC#CC#CC#CC#CC#CC#CC)cc(c4)C(=O)NC4CC(C(=O)N2)C(N)CC4N)C(N)CC3N)C(N)CC1N. The minimum Gasteiger partial charge on any atom is -0.452 e. The van der Waals surface area contributed by atoms with Crippen LogP contribution < -0.4 is 66.3 Å². The summed E-state index contributed by atoms with van der Waals surface area (Å²) in [6.07, 6.45) is 12.5. The van der Waals surface area contributed by atoms with Gasteiger partial charge in [-0.1, -0.05) is 5.92 Å². The lowest BCUT2D eigenvalue weighted by molar-refractivity contribution is -0.141. The maximum absolute atomic E-state index is 14.7. The van der Waals surface area contributed by atoms with E-state index in [0.29, 0.717) is 0 Å². The molecular weight excluding hydrogens is 1510 g/mol. The van der Waals surface area contributed by atoms with Gasteiger partial charge in [0.05, 0.1) is 37.0 Å². The van der Waals surface area contributed by atoms with E-state index in [1.165, 1.54) is 54.6 Å². The van der Waals surface area contributed by atoms with Crippen molar-refractivity contribution in [2.45, 2.75) is 119 Å². The number of nitrogens with two attached hydrogens (primary N) is 6. The van der Waals surface area contributed by atoms with Crippen molar-refractivity contribution >= 4 is 70.4 Å². The Labute approximate surface area is 695 Å². The van der Waals surface area contributed by atoms with Crippen molar-refractivity contribution < 1.29 is 57.4 Å². The molecule has 6 amide bonds. The predicted molar refractivity (Wildman–Crippen MR) is 446 cm³/mol. The summed E-state index contributed by atoms with van der Waals surface area (Å²) < 4.78 is 15.6. The van der Waals surface area contributed by atoms with Gasteiger partial charge in [-0.15, -0.1) is 12.8 Å². The molecule has 12 bridgehead atoms. The number of anilines is 3. The Balaban J connectivity index is 1.22. The highest BCUT2D eigenvalue weighted by Gasteiger charge is 2.42. The number of amides is 6. The van der Waals surface area contributed by atoms with Crippen molar-refractivity contribution in [2.24, 2.45) is 52.2 Å². The molecule has 3 aromatic rings. The fraction of sp³-hybridized carbons (Fsp3) is 0.240. The van der Waals surface area contributed by atoms with Gasteiger partial charge in [0, 0.05) is 171 Å². The minimum absolute atomic E-state index is 0.00138. The molecule has 580 valence electrons. The molecule has 0 spiro atoms. The number of rotatable bonds is 7. The van der Waals surface area contributed by atoms with E-state index in [9.17, 15) is 43.2 Å². The van der Waals surface area contributed by atoms with Crippen LogP contribution in [0.1, 0.15) is 93.2 Å². The standard InChI is InChI=1S/C96H64N12O12/c1-4-7-10-13-16-19-22-25-28-31-34-37-40-43-46-118-88(109)55-67-49-70-58-73(52-67)103-94(115)76-61-86(83(101)64-79(76)97)107-92(113)71-50-68(56-89(110)119-47-44-41-38-35-32-29-26-23-20-17-14-11-8-5-2)54-75(59-71)105-96(117)78-63-87(84(102)66-81(78)99)108-93(114)72-51-69(53-74(60-72)104-95(116)77-62-85(106-91(70)112)82(100)65-80(77)98)57-90(111)120-48-45-42-39-36-33-30-27-24-21-18-15-12-9-6-3/h1-2,49-54,58-60,76-87H,48,55-57,61-66,97-102H2,3H3,(H,103,115)(H,104,116)(H,105,117)(H,106,112)(H,107,113)(H,108,114). The quantitative estimate of drug-likeness (QED) is 0.0762. The molecule has 3 aromatic carbocycles. The highest BCUT2D eigenvalue weighted by molar-refractivity contribution is 6.02. The van der Waals surface area contributed by atoms with E-state index >= 15 is 0 Å². The first-order valence-corrected chi connectivity index (χ1v) is 35.8. The fourth-order valence-electron chi connectivity index (χ4n) is 11.8. The molecule has 1 heterocycles. The van der Waals surface area contributed by atoms with Crippen LogP contribution in [0, 0.1) is 291 Å². The van der Waals surface area contributed by atoms with Crippen molar-refractivity contribution in [1.29, 1.82) is 0 Å². The molecule has 4 aliphatic rings. The molecule has 1 aliphatic heterocycles. The smallest absolute Gasteiger partial charge is 0.324 e. The Hall–Kier alpha value is -17.5. The normalized spacial score (nSPS) is 19.4. The predicted octanol–water partition coefficient (Wildman–Crippen LogP) is -1.07. The van der Waals surface area contributed by atoms with Crippen molar-refractivity contribution in [2.75, 3.05) is 22.6 Å². The highest BCUT2D eigenvalue weighted by atomic mass is 16.5. The van der Waals surface area contributed by atoms with Crippen LogP contribution in [-0.4, -0.2) is 114 Å². The van der Waals surface area contributed by atoms with Gasteiger partial charge in [0.1, 0.15) is 12.2 Å². The number of ether oxygens (including phenoxy) is 3. The number of terminal acetylenes is 2. The third kappa shape index (κ3) is 31.6. The topological polar surface area (TPSA) is 410 Å². The van der Waals surface area contributed by atoms with Crippen LogP contribution in [0.4, 0.5) is 17.1 Å². The number of hydrogen-bond donors (Lipinski definition) is 12. The molecule has 18 N–H and O–H groups in total. The first-order valence-electron chi connectivity index (χ1n) is 35.8. The van der Waals surface area contributed by atoms with Crippen LogP contribution in [0.25, 0.3) is 0 Å². The molecule has 3 aliphatic carbocycles. The van der Waals surface area contributed by atoms with Crippen LogP contribution in [0.3, 0.4) is 0 Å². The summed E-state index contributed by atoms with van der Waals surface area (Å²) in [5, 5.41) is 17.1. The van der Waals surface area contributed by atoms with Gasteiger partial charge in [-0.25, -0.2) is 0 Å². The van der Waals surface area contributed by atoms with Crippen LogP contribution in [-0.2, 0) is 62.2 Å². The van der Waals surface area contributed by atoms with Gasteiger partial charge in [0.15, 0.2) is 6.61 Å². The molecule has 0 radical (unpaired) electrons. The summed E-state index contributed by atoms with van der Waals surface area (Å²) in [4.78, 5) is 128. The second-order valence-electron chi connectivity index (χ2n) is 25.5. The van der Waals surface area contributed by atoms with E-state index in [-0.39, 0.29) is 89.0 Å². The van der Waals surface area contributed by atoms with Crippen LogP contribution in [0.5, 0.6) is 0 Å². The van der Waals surface area contributed by atoms with E-state index in [1.54, 1.807) is 6.92 Å². The lowest BCUT2D eigenvalue weighted by atomic mass is 9.78. The highest BCUT2D eigenvalue weighted by Crippen LogP contribution is 2.31. The number of carbonyl (C=O) groups excluding carboxylic acids is 9. The first-order chi connectivity index (χ1) is 58.1. The molecule has 24 nitrogen and oxygen atoms in total. The zero-order chi connectivity index (χ0) is 86.2. The monoisotopic (exact) mass is 1580 g/mol. The van der Waals surface area contributed by atoms with E-state index in [2.05, 4.69) is 293 Å². The molecule has 12 unspecified atom stereocenters. The van der Waals surface area contributed by atoms with Crippen LogP contribution >= 0.6 is 0 Å². The third-order valence-corrected chi connectivity index (χ3v) is 17.1. The largest absolute Gasteiger partial charge is 0.452 e. The molecule has 0 aromatic heterocycles. The summed E-state index contributed by atoms with van der Waals surface area (Å²) in [5.41, 5.74) is 40.2. The Bertz CT molecular complexity index is 6150. The molecule has 12 atom stereocenters. The molecule has 24 heteroatoms. The third-order valence-electron chi connectivity index (χ3n) is 17.1. The lowest BCUT2D eigenvalue weighted by Gasteiger charge is -2.38. The zero-order valence-electron chi connectivity index (χ0n) is 63.7. The Morgan fingerprint density at radius 1 is 0.333 bits per heavy atom. The Morgan fingerprint density at radius 3 is 0.875 bits per heavy atom. The van der Waals surface area contributed by atoms with Crippen LogP contribution in [0.15, 0.2) is 54.6 Å². The van der Waals surface area contributed by atoms with Gasteiger partial charge in [0.25, 0.3) is 17.7 Å². The zero-order valence-corrected chi connectivity index (χ0v) is 63.7.